The number of nitrogens with zero attached hydrogens (tertiary/aromatic N) is 7. The van der Waals surface area contributed by atoms with E-state index in [1.54, 1.807) is 22.9 Å². The molecule has 3 aromatic carbocycles. The predicted octanol–water partition coefficient (Wildman–Crippen LogP) is 5.01. The number of carbonyl (C=O) groups is 3. The van der Waals surface area contributed by atoms with E-state index in [1.807, 2.05) is 60.5 Å². The number of nitrogens with one attached hydrogen (secondary N) is 1. The fourth-order valence-electron chi connectivity index (χ4n) is 11.4. The Hall–Kier alpha value is -6.09. The van der Waals surface area contributed by atoms with Crippen molar-refractivity contribution in [3.8, 4) is 22.8 Å². The number of amides is 3. The van der Waals surface area contributed by atoms with E-state index in [4.69, 9.17) is 10.5 Å². The SMILES string of the molecule is Cn1nc(C2CCC(=O)NC2=O)c2ccc(CC(=O)N3CCN(CCOc4cccc(C5C6C[C@H]7CN(c8cc(-c9ccccc9O)nnc8N)CC[C@H]6CC57)c4F)CC3)cc21. The fraction of sp³-hybridized carbons (Fsp3) is 0.447. The second-order valence-electron chi connectivity index (χ2n) is 17.9. The molecule has 2 saturated carbocycles. The summed E-state index contributed by atoms with van der Waals surface area (Å²) >= 11 is 0. The van der Waals surface area contributed by atoms with Gasteiger partial charge >= 0.3 is 0 Å². The van der Waals surface area contributed by atoms with Crippen LogP contribution in [0, 0.1) is 29.5 Å². The molecule has 6 aliphatic rings. The topological polar surface area (TPSA) is 172 Å². The van der Waals surface area contributed by atoms with Crippen molar-refractivity contribution >= 4 is 40.1 Å². The Kier molecular flexibility index (Phi) is 10.5. The van der Waals surface area contributed by atoms with Gasteiger partial charge in [0.05, 0.1) is 34.9 Å². The summed E-state index contributed by atoms with van der Waals surface area (Å²) < 4.78 is 24.3. The number of carbonyl (C=O) groups excluding carboxylic acids is 3. The van der Waals surface area contributed by atoms with Crippen LogP contribution in [0.2, 0.25) is 0 Å². The number of hydrogen-bond donors (Lipinski definition) is 3. The molecule has 322 valence electrons. The highest BCUT2D eigenvalue weighted by atomic mass is 19.1. The van der Waals surface area contributed by atoms with E-state index in [0.29, 0.717) is 97.9 Å². The van der Waals surface area contributed by atoms with Crippen LogP contribution in [0.25, 0.3) is 22.2 Å². The molecule has 4 unspecified atom stereocenters. The largest absolute Gasteiger partial charge is 0.507 e. The van der Waals surface area contributed by atoms with Crippen molar-refractivity contribution in [3.63, 3.8) is 0 Å². The number of aryl methyl sites for hydroxylation is 1. The van der Waals surface area contributed by atoms with Gasteiger partial charge in [0.25, 0.3) is 0 Å². The third-order valence-electron chi connectivity index (χ3n) is 14.4. The van der Waals surface area contributed by atoms with E-state index in [0.717, 1.165) is 60.1 Å². The zero-order valence-corrected chi connectivity index (χ0v) is 34.9. The number of benzene rings is 3. The number of aromatic hydroxyl groups is 1. The number of nitrogen functional groups attached to an aromatic ring is 1. The summed E-state index contributed by atoms with van der Waals surface area (Å²) in [6.45, 7) is 5.23. The minimum absolute atomic E-state index is 0.0528. The average molecular weight is 842 g/mol. The molecule has 62 heavy (non-hydrogen) atoms. The lowest BCUT2D eigenvalue weighted by molar-refractivity contribution is -0.134. The Labute approximate surface area is 359 Å². The lowest BCUT2D eigenvalue weighted by Crippen LogP contribution is -2.49. The van der Waals surface area contributed by atoms with Crippen LogP contribution < -0.4 is 20.7 Å². The Morgan fingerprint density at radius 2 is 1.76 bits per heavy atom. The molecule has 3 amide bonds. The summed E-state index contributed by atoms with van der Waals surface area (Å²) in [5.74, 6) is 1.39. The highest BCUT2D eigenvalue weighted by Crippen LogP contribution is 2.62. The molecular formula is C47H52FN9O5. The Morgan fingerprint density at radius 3 is 2.58 bits per heavy atom. The van der Waals surface area contributed by atoms with E-state index in [-0.39, 0.29) is 48.0 Å². The number of imide groups is 1. The molecule has 0 spiro atoms. The molecule has 14 nitrogen and oxygen atoms in total. The molecule has 6 heterocycles. The number of ether oxygens (including phenoxy) is 1. The van der Waals surface area contributed by atoms with Gasteiger partial charge in [-0.1, -0.05) is 36.4 Å². The van der Waals surface area contributed by atoms with Crippen LogP contribution in [0.5, 0.6) is 11.5 Å². The number of halogens is 1. The van der Waals surface area contributed by atoms with Crippen molar-refractivity contribution in [1.29, 1.82) is 0 Å². The number of piperidine rings is 1. The monoisotopic (exact) mass is 841 g/mol. The number of aromatic nitrogens is 4. The van der Waals surface area contributed by atoms with E-state index in [2.05, 4.69) is 30.4 Å². The molecule has 4 aliphatic heterocycles. The van der Waals surface area contributed by atoms with Gasteiger partial charge in [-0.05, 0) is 96.7 Å². The summed E-state index contributed by atoms with van der Waals surface area (Å²) in [6.07, 6.45) is 4.12. The number of hydrogen-bond acceptors (Lipinski definition) is 11. The van der Waals surface area contributed by atoms with Crippen molar-refractivity contribution < 1.29 is 28.6 Å². The standard InChI is InChI=1S/C47H52FN9O5/c1-54-37-21-27(9-10-31(37)45(53-54)33-11-12-41(59)50-47(33)61)22-42(60)56-17-15-55(16-18-56)19-20-62-40-8-4-6-32(44(40)48)43-34-24-29-26-57(14-13-28(34)23-35(29)43)38-25-36(51-52-46(38)49)30-5-2-3-7-39(30)58/h2-10,21,25,28-29,33-35,43,58H,11-20,22-24,26H2,1H3,(H2,49,52)(H,50,59,61)/t28-,29-,33?,34?,35?,43?/m0/s1. The number of nitrogens with two attached hydrogens (primary N) is 1. The number of fused-ring (bicyclic) bond motifs is 4. The molecule has 15 heteroatoms. The van der Waals surface area contributed by atoms with Crippen molar-refractivity contribution in [3.05, 3.63) is 89.4 Å². The third kappa shape index (κ3) is 7.39. The summed E-state index contributed by atoms with van der Waals surface area (Å²) in [6, 6.07) is 20.5. The quantitative estimate of drug-likeness (QED) is 0.162. The fourth-order valence-corrected chi connectivity index (χ4v) is 11.4. The number of phenolic OH excluding ortho intramolecular Hbond substituents is 1. The average Bonchev–Trinajstić information content (AvgIpc) is 3.91. The van der Waals surface area contributed by atoms with Crippen molar-refractivity contribution in [2.24, 2.45) is 30.7 Å². The van der Waals surface area contributed by atoms with Crippen LogP contribution in [-0.4, -0.2) is 105 Å². The molecule has 5 aromatic rings. The van der Waals surface area contributed by atoms with Gasteiger partial charge in [-0.15, -0.1) is 10.2 Å². The van der Waals surface area contributed by atoms with E-state index in [1.165, 1.54) is 0 Å². The van der Waals surface area contributed by atoms with Crippen LogP contribution >= 0.6 is 0 Å². The van der Waals surface area contributed by atoms with Crippen LogP contribution in [0.4, 0.5) is 15.9 Å². The second kappa shape index (κ2) is 16.3. The molecule has 6 fully saturated rings. The van der Waals surface area contributed by atoms with Crippen LogP contribution in [-0.2, 0) is 27.9 Å². The highest BCUT2D eigenvalue weighted by molar-refractivity contribution is 6.02. The maximum absolute atomic E-state index is 16.4. The third-order valence-corrected chi connectivity index (χ3v) is 14.4. The first kappa shape index (κ1) is 40.0. The summed E-state index contributed by atoms with van der Waals surface area (Å²) in [5, 5.41) is 26.9. The maximum Gasteiger partial charge on any atom is 0.235 e. The number of anilines is 2. The van der Waals surface area contributed by atoms with Gasteiger partial charge in [0.1, 0.15) is 12.4 Å². The van der Waals surface area contributed by atoms with Crippen molar-refractivity contribution in [1.82, 2.24) is 35.1 Å². The predicted molar refractivity (Wildman–Crippen MR) is 231 cm³/mol. The number of rotatable bonds is 10. The van der Waals surface area contributed by atoms with E-state index in [9.17, 15) is 19.5 Å². The smallest absolute Gasteiger partial charge is 0.235 e. The van der Waals surface area contributed by atoms with Crippen molar-refractivity contribution in [2.45, 2.75) is 50.4 Å². The van der Waals surface area contributed by atoms with Gasteiger partial charge in [-0.25, -0.2) is 4.39 Å². The molecular weight excluding hydrogens is 790 g/mol. The Balaban J connectivity index is 0.728. The number of piperazine rings is 1. The second-order valence-corrected chi connectivity index (χ2v) is 17.9. The Morgan fingerprint density at radius 1 is 0.952 bits per heavy atom. The molecule has 2 aromatic heterocycles. The lowest BCUT2D eigenvalue weighted by Gasteiger charge is -2.38. The van der Waals surface area contributed by atoms with Gasteiger partial charge in [0.15, 0.2) is 17.4 Å². The molecule has 4 saturated heterocycles. The minimum atomic E-state index is -0.479. The summed E-state index contributed by atoms with van der Waals surface area (Å²) in [7, 11) is 1.83. The maximum atomic E-state index is 16.4. The minimum Gasteiger partial charge on any atom is -0.507 e. The molecule has 2 aliphatic carbocycles. The van der Waals surface area contributed by atoms with Gasteiger partial charge in [0, 0.05) is 70.2 Å². The zero-order chi connectivity index (χ0) is 42.6. The number of phenols is 1. The van der Waals surface area contributed by atoms with Crippen molar-refractivity contribution in [2.75, 3.05) is 63.1 Å². The zero-order valence-electron chi connectivity index (χ0n) is 34.9. The summed E-state index contributed by atoms with van der Waals surface area (Å²) in [5.41, 5.74) is 11.6. The van der Waals surface area contributed by atoms with Crippen LogP contribution in [0.1, 0.15) is 60.8 Å². The molecule has 4 bridgehead atoms. The highest BCUT2D eigenvalue weighted by Gasteiger charge is 2.55. The first-order chi connectivity index (χ1) is 30.1. The first-order valence-electron chi connectivity index (χ1n) is 22.0. The molecule has 11 rings (SSSR count). The first-order valence-corrected chi connectivity index (χ1v) is 22.0. The van der Waals surface area contributed by atoms with Crippen LogP contribution in [0.3, 0.4) is 0 Å². The molecule has 0 radical (unpaired) electrons. The Bertz CT molecular complexity index is 2560. The van der Waals surface area contributed by atoms with Gasteiger partial charge < -0.3 is 25.4 Å². The van der Waals surface area contributed by atoms with E-state index >= 15 is 4.39 Å². The van der Waals surface area contributed by atoms with E-state index < -0.39 is 5.92 Å². The lowest BCUT2D eigenvalue weighted by atomic mass is 9.78. The van der Waals surface area contributed by atoms with Gasteiger partial charge in [-0.3, -0.25) is 29.3 Å². The molecule has 4 N–H and O–H groups in total. The normalized spacial score (nSPS) is 25.0. The van der Waals surface area contributed by atoms with Gasteiger partial charge in [0.2, 0.25) is 17.7 Å². The number of para-hydroxylation sites is 1. The summed E-state index contributed by atoms with van der Waals surface area (Å²) in [4.78, 5) is 44.1. The molecule has 6 atom stereocenters. The van der Waals surface area contributed by atoms with Gasteiger partial charge in [-0.2, -0.15) is 5.10 Å². The van der Waals surface area contributed by atoms with Crippen LogP contribution in [0.15, 0.2) is 66.7 Å².